The largest absolute Gasteiger partial charge is 0.481 e. The van der Waals surface area contributed by atoms with Gasteiger partial charge in [-0.25, -0.2) is 0 Å². The SMILES string of the molecule is CCCC[C@@H](C)c1ccc(C(=O)CCC(=O)O)cc1. The Labute approximate surface area is 114 Å². The number of carboxylic acids is 1. The van der Waals surface area contributed by atoms with E-state index in [2.05, 4.69) is 13.8 Å². The number of aliphatic carboxylic acids is 1. The van der Waals surface area contributed by atoms with Crippen LogP contribution in [-0.2, 0) is 4.79 Å². The van der Waals surface area contributed by atoms with Crippen molar-refractivity contribution in [3.05, 3.63) is 35.4 Å². The van der Waals surface area contributed by atoms with Crippen molar-refractivity contribution in [3.8, 4) is 0 Å². The van der Waals surface area contributed by atoms with Crippen LogP contribution in [0.2, 0.25) is 0 Å². The van der Waals surface area contributed by atoms with Gasteiger partial charge in [-0.1, -0.05) is 51.0 Å². The Bertz CT molecular complexity index is 420. The number of carboxylic acid groups (broad SMARTS) is 1. The van der Waals surface area contributed by atoms with Crippen molar-refractivity contribution in [1.82, 2.24) is 0 Å². The van der Waals surface area contributed by atoms with Crippen molar-refractivity contribution < 1.29 is 14.7 Å². The summed E-state index contributed by atoms with van der Waals surface area (Å²) in [4.78, 5) is 22.2. The van der Waals surface area contributed by atoms with E-state index in [-0.39, 0.29) is 18.6 Å². The zero-order chi connectivity index (χ0) is 14.3. The lowest BCUT2D eigenvalue weighted by Gasteiger charge is -2.11. The molecule has 0 fully saturated rings. The third kappa shape index (κ3) is 5.25. The van der Waals surface area contributed by atoms with Gasteiger partial charge in [0, 0.05) is 12.0 Å². The highest BCUT2D eigenvalue weighted by Gasteiger charge is 2.10. The second-order valence-corrected chi connectivity index (χ2v) is 4.98. The maximum Gasteiger partial charge on any atom is 0.303 e. The fourth-order valence-electron chi connectivity index (χ4n) is 2.04. The van der Waals surface area contributed by atoms with Crippen molar-refractivity contribution in [1.29, 1.82) is 0 Å². The summed E-state index contributed by atoms with van der Waals surface area (Å²) in [5.41, 5.74) is 1.84. The molecule has 1 rings (SSSR count). The van der Waals surface area contributed by atoms with Crippen LogP contribution < -0.4 is 0 Å². The van der Waals surface area contributed by atoms with E-state index in [9.17, 15) is 9.59 Å². The molecule has 0 aliphatic heterocycles. The minimum absolute atomic E-state index is 0.0695. The summed E-state index contributed by atoms with van der Waals surface area (Å²) in [7, 11) is 0. The quantitative estimate of drug-likeness (QED) is 0.720. The predicted octanol–water partition coefficient (Wildman–Crippen LogP) is 4.03. The Kier molecular flexibility index (Phi) is 6.26. The van der Waals surface area contributed by atoms with E-state index >= 15 is 0 Å². The molecule has 0 bridgehead atoms. The molecule has 0 amide bonds. The molecule has 0 aliphatic rings. The monoisotopic (exact) mass is 262 g/mol. The predicted molar refractivity (Wildman–Crippen MR) is 75.6 cm³/mol. The first kappa shape index (κ1) is 15.4. The van der Waals surface area contributed by atoms with Gasteiger partial charge in [0.15, 0.2) is 5.78 Å². The smallest absolute Gasteiger partial charge is 0.303 e. The Hall–Kier alpha value is -1.64. The third-order valence-electron chi connectivity index (χ3n) is 3.36. The summed E-state index contributed by atoms with van der Waals surface area (Å²) in [5.74, 6) is -0.531. The zero-order valence-electron chi connectivity index (χ0n) is 11.7. The first-order chi connectivity index (χ1) is 9.04. The van der Waals surface area contributed by atoms with Crippen LogP contribution in [-0.4, -0.2) is 16.9 Å². The van der Waals surface area contributed by atoms with E-state index in [0.29, 0.717) is 11.5 Å². The molecule has 0 radical (unpaired) electrons. The Morgan fingerprint density at radius 2 is 1.79 bits per heavy atom. The topological polar surface area (TPSA) is 54.4 Å². The second kappa shape index (κ2) is 7.72. The highest BCUT2D eigenvalue weighted by molar-refractivity contribution is 5.97. The molecule has 1 aromatic rings. The summed E-state index contributed by atoms with van der Waals surface area (Å²) in [5, 5.41) is 8.56. The average molecular weight is 262 g/mol. The summed E-state index contributed by atoms with van der Waals surface area (Å²) in [6.45, 7) is 4.37. The number of benzene rings is 1. The van der Waals surface area contributed by atoms with Crippen LogP contribution in [0.5, 0.6) is 0 Å². The maximum atomic E-state index is 11.7. The number of carbonyl (C=O) groups is 2. The standard InChI is InChI=1S/C16H22O3/c1-3-4-5-12(2)13-6-8-14(9-7-13)15(17)10-11-16(18)19/h6-9,12H,3-5,10-11H2,1-2H3,(H,18,19)/t12-/m1/s1. The van der Waals surface area contributed by atoms with Gasteiger partial charge in [0.1, 0.15) is 0 Å². The Morgan fingerprint density at radius 3 is 2.32 bits per heavy atom. The molecule has 0 saturated carbocycles. The third-order valence-corrected chi connectivity index (χ3v) is 3.36. The van der Waals surface area contributed by atoms with E-state index in [1.807, 2.05) is 24.3 Å². The number of unbranched alkanes of at least 4 members (excludes halogenated alkanes) is 1. The van der Waals surface area contributed by atoms with Crippen molar-refractivity contribution in [2.45, 2.75) is 51.9 Å². The molecule has 19 heavy (non-hydrogen) atoms. The molecule has 0 heterocycles. The number of ketones is 1. The van der Waals surface area contributed by atoms with Crippen molar-refractivity contribution in [2.24, 2.45) is 0 Å². The first-order valence-corrected chi connectivity index (χ1v) is 6.89. The number of hydrogen-bond donors (Lipinski definition) is 1. The van der Waals surface area contributed by atoms with Crippen molar-refractivity contribution in [2.75, 3.05) is 0 Å². The number of hydrogen-bond acceptors (Lipinski definition) is 2. The molecule has 1 N–H and O–H groups in total. The average Bonchev–Trinajstić information content (AvgIpc) is 2.42. The minimum atomic E-state index is -0.932. The Morgan fingerprint density at radius 1 is 1.16 bits per heavy atom. The van der Waals surface area contributed by atoms with Gasteiger partial charge < -0.3 is 5.11 Å². The van der Waals surface area contributed by atoms with E-state index in [0.717, 1.165) is 6.42 Å². The molecular weight excluding hydrogens is 240 g/mol. The molecule has 1 aromatic carbocycles. The lowest BCUT2D eigenvalue weighted by molar-refractivity contribution is -0.136. The van der Waals surface area contributed by atoms with Crippen LogP contribution in [0.4, 0.5) is 0 Å². The summed E-state index contributed by atoms with van der Waals surface area (Å²) >= 11 is 0. The number of carbonyl (C=O) groups excluding carboxylic acids is 1. The van der Waals surface area contributed by atoms with Crippen molar-refractivity contribution in [3.63, 3.8) is 0 Å². The van der Waals surface area contributed by atoms with Crippen LogP contribution in [0.15, 0.2) is 24.3 Å². The van der Waals surface area contributed by atoms with Crippen LogP contribution >= 0.6 is 0 Å². The summed E-state index contributed by atoms with van der Waals surface area (Å²) < 4.78 is 0. The summed E-state index contributed by atoms with van der Waals surface area (Å²) in [6.07, 6.45) is 3.52. The van der Waals surface area contributed by atoms with Gasteiger partial charge in [0.05, 0.1) is 6.42 Å². The van der Waals surface area contributed by atoms with Gasteiger partial charge in [0.25, 0.3) is 0 Å². The van der Waals surface area contributed by atoms with Gasteiger partial charge in [-0.3, -0.25) is 9.59 Å². The number of rotatable bonds is 8. The minimum Gasteiger partial charge on any atom is -0.481 e. The highest BCUT2D eigenvalue weighted by atomic mass is 16.4. The van der Waals surface area contributed by atoms with E-state index in [1.165, 1.54) is 18.4 Å². The maximum absolute atomic E-state index is 11.7. The molecule has 0 unspecified atom stereocenters. The molecule has 0 aromatic heterocycles. The lowest BCUT2D eigenvalue weighted by atomic mass is 9.94. The van der Waals surface area contributed by atoms with Crippen LogP contribution in [0.25, 0.3) is 0 Å². The van der Waals surface area contributed by atoms with Gasteiger partial charge in [-0.15, -0.1) is 0 Å². The number of Topliss-reactive ketones (excluding diaryl/α,β-unsaturated/α-hetero) is 1. The molecular formula is C16H22O3. The van der Waals surface area contributed by atoms with E-state index in [4.69, 9.17) is 5.11 Å². The molecule has 3 heteroatoms. The molecule has 3 nitrogen and oxygen atoms in total. The Balaban J connectivity index is 2.60. The fourth-order valence-corrected chi connectivity index (χ4v) is 2.04. The van der Waals surface area contributed by atoms with Gasteiger partial charge >= 0.3 is 5.97 Å². The van der Waals surface area contributed by atoms with Gasteiger partial charge in [0.2, 0.25) is 0 Å². The molecule has 0 spiro atoms. The normalized spacial score (nSPS) is 12.1. The molecule has 104 valence electrons. The molecule has 0 saturated heterocycles. The van der Waals surface area contributed by atoms with Gasteiger partial charge in [-0.2, -0.15) is 0 Å². The van der Waals surface area contributed by atoms with Gasteiger partial charge in [-0.05, 0) is 17.9 Å². The highest BCUT2D eigenvalue weighted by Crippen LogP contribution is 2.22. The van der Waals surface area contributed by atoms with Crippen LogP contribution in [0, 0.1) is 0 Å². The fraction of sp³-hybridized carbons (Fsp3) is 0.500. The van der Waals surface area contributed by atoms with E-state index in [1.54, 1.807) is 0 Å². The summed E-state index contributed by atoms with van der Waals surface area (Å²) in [6, 6.07) is 7.58. The van der Waals surface area contributed by atoms with Crippen LogP contribution in [0.3, 0.4) is 0 Å². The first-order valence-electron chi connectivity index (χ1n) is 6.89. The van der Waals surface area contributed by atoms with Crippen molar-refractivity contribution >= 4 is 11.8 Å². The lowest BCUT2D eigenvalue weighted by Crippen LogP contribution is -2.04. The molecule has 1 atom stereocenters. The van der Waals surface area contributed by atoms with E-state index < -0.39 is 5.97 Å². The second-order valence-electron chi connectivity index (χ2n) is 4.98. The van der Waals surface area contributed by atoms with Crippen LogP contribution in [0.1, 0.15) is 67.8 Å². The molecule has 0 aliphatic carbocycles. The zero-order valence-corrected chi connectivity index (χ0v) is 11.7.